The van der Waals surface area contributed by atoms with Crippen molar-refractivity contribution in [2.45, 2.75) is 25.8 Å². The Labute approximate surface area is 114 Å². The molecular formula is C14H22N2O3. The summed E-state index contributed by atoms with van der Waals surface area (Å²) >= 11 is 0. The molecule has 1 amide bonds. The van der Waals surface area contributed by atoms with Gasteiger partial charge in [0, 0.05) is 6.42 Å². The highest BCUT2D eigenvalue weighted by molar-refractivity contribution is 5.84. The highest BCUT2D eigenvalue weighted by atomic mass is 16.5. The van der Waals surface area contributed by atoms with Gasteiger partial charge >= 0.3 is 0 Å². The van der Waals surface area contributed by atoms with Crippen molar-refractivity contribution >= 4 is 5.91 Å². The molecule has 0 bridgehead atoms. The molecule has 0 heterocycles. The molecule has 19 heavy (non-hydrogen) atoms. The van der Waals surface area contributed by atoms with Gasteiger partial charge in [-0.3, -0.25) is 4.79 Å². The maximum absolute atomic E-state index is 11.4. The molecule has 0 radical (unpaired) electrons. The van der Waals surface area contributed by atoms with Crippen LogP contribution in [0.5, 0.6) is 11.5 Å². The molecule has 0 aliphatic heterocycles. The van der Waals surface area contributed by atoms with Crippen molar-refractivity contribution in [1.82, 2.24) is 5.32 Å². The number of methoxy groups -OCH3 is 1. The zero-order valence-corrected chi connectivity index (χ0v) is 11.7. The summed E-state index contributed by atoms with van der Waals surface area (Å²) in [4.78, 5) is 11.4. The van der Waals surface area contributed by atoms with E-state index in [9.17, 15) is 4.79 Å². The number of amides is 1. The molecule has 0 saturated heterocycles. The molecule has 1 aromatic rings. The summed E-state index contributed by atoms with van der Waals surface area (Å²) in [6, 6.07) is 7.31. The van der Waals surface area contributed by atoms with E-state index >= 15 is 0 Å². The third-order valence-corrected chi connectivity index (χ3v) is 3.04. The van der Waals surface area contributed by atoms with Crippen molar-refractivity contribution < 1.29 is 14.3 Å². The van der Waals surface area contributed by atoms with Crippen molar-refractivity contribution in [3.05, 3.63) is 24.3 Å². The van der Waals surface area contributed by atoms with Crippen LogP contribution < -0.4 is 20.5 Å². The van der Waals surface area contributed by atoms with Crippen LogP contribution in [0.4, 0.5) is 0 Å². The second-order valence-electron chi connectivity index (χ2n) is 4.50. The second kappa shape index (κ2) is 6.99. The van der Waals surface area contributed by atoms with Crippen LogP contribution in [0.15, 0.2) is 24.3 Å². The van der Waals surface area contributed by atoms with Crippen molar-refractivity contribution in [2.24, 2.45) is 5.73 Å². The SMILES string of the molecule is CCNC(C)(CCOc1ccc(OC)cc1)C(N)=O. The van der Waals surface area contributed by atoms with Crippen molar-refractivity contribution in [2.75, 3.05) is 20.3 Å². The normalized spacial score (nSPS) is 13.6. The summed E-state index contributed by atoms with van der Waals surface area (Å²) in [5, 5.41) is 3.09. The van der Waals surface area contributed by atoms with E-state index in [2.05, 4.69) is 5.32 Å². The first-order valence-electron chi connectivity index (χ1n) is 6.33. The van der Waals surface area contributed by atoms with E-state index in [1.807, 2.05) is 31.2 Å². The first kappa shape index (κ1) is 15.3. The molecule has 5 nitrogen and oxygen atoms in total. The predicted molar refractivity (Wildman–Crippen MR) is 74.4 cm³/mol. The van der Waals surface area contributed by atoms with Gasteiger partial charge in [-0.2, -0.15) is 0 Å². The third kappa shape index (κ3) is 4.44. The van der Waals surface area contributed by atoms with Crippen molar-refractivity contribution in [3.63, 3.8) is 0 Å². The first-order chi connectivity index (χ1) is 9.01. The van der Waals surface area contributed by atoms with Crippen molar-refractivity contribution in [1.29, 1.82) is 0 Å². The van der Waals surface area contributed by atoms with Gasteiger partial charge < -0.3 is 20.5 Å². The zero-order chi connectivity index (χ0) is 14.3. The second-order valence-corrected chi connectivity index (χ2v) is 4.50. The van der Waals surface area contributed by atoms with Gasteiger partial charge in [-0.15, -0.1) is 0 Å². The Balaban J connectivity index is 2.49. The van der Waals surface area contributed by atoms with Crippen LogP contribution >= 0.6 is 0 Å². The lowest BCUT2D eigenvalue weighted by molar-refractivity contribution is -0.124. The van der Waals surface area contributed by atoms with E-state index in [1.165, 1.54) is 0 Å². The molecule has 3 N–H and O–H groups in total. The number of likely N-dealkylation sites (N-methyl/N-ethyl adjacent to an activating group) is 1. The van der Waals surface area contributed by atoms with E-state index < -0.39 is 5.54 Å². The Bertz CT molecular complexity index is 406. The van der Waals surface area contributed by atoms with E-state index in [1.54, 1.807) is 14.0 Å². The van der Waals surface area contributed by atoms with Gasteiger partial charge in [0.1, 0.15) is 11.5 Å². The summed E-state index contributed by atoms with van der Waals surface area (Å²) in [6.45, 7) is 4.82. The van der Waals surface area contributed by atoms with E-state index in [0.717, 1.165) is 11.5 Å². The van der Waals surface area contributed by atoms with Gasteiger partial charge in [0.2, 0.25) is 5.91 Å². The number of nitrogens with two attached hydrogens (primary N) is 1. The summed E-state index contributed by atoms with van der Waals surface area (Å²) in [6.07, 6.45) is 0.516. The lowest BCUT2D eigenvalue weighted by Gasteiger charge is -2.26. The van der Waals surface area contributed by atoms with E-state index in [0.29, 0.717) is 19.6 Å². The van der Waals surface area contributed by atoms with Gasteiger partial charge in [0.15, 0.2) is 0 Å². The fourth-order valence-electron chi connectivity index (χ4n) is 1.73. The molecule has 0 saturated carbocycles. The highest BCUT2D eigenvalue weighted by Crippen LogP contribution is 2.18. The lowest BCUT2D eigenvalue weighted by Crippen LogP contribution is -2.53. The Morgan fingerprint density at radius 1 is 1.32 bits per heavy atom. The fourth-order valence-corrected chi connectivity index (χ4v) is 1.73. The summed E-state index contributed by atoms with van der Waals surface area (Å²) in [7, 11) is 1.62. The molecule has 0 fully saturated rings. The number of ether oxygens (including phenoxy) is 2. The topological polar surface area (TPSA) is 73.6 Å². The van der Waals surface area contributed by atoms with Gasteiger partial charge in [0.05, 0.1) is 19.3 Å². The zero-order valence-electron chi connectivity index (χ0n) is 11.7. The maximum Gasteiger partial charge on any atom is 0.237 e. The molecule has 1 rings (SSSR count). The number of hydrogen-bond acceptors (Lipinski definition) is 4. The third-order valence-electron chi connectivity index (χ3n) is 3.04. The number of rotatable bonds is 8. The molecule has 106 valence electrons. The molecule has 0 spiro atoms. The largest absolute Gasteiger partial charge is 0.497 e. The number of hydrogen-bond donors (Lipinski definition) is 2. The van der Waals surface area contributed by atoms with Crippen LogP contribution in [0, 0.1) is 0 Å². The molecular weight excluding hydrogens is 244 g/mol. The van der Waals surface area contributed by atoms with Crippen LogP contribution in [0.25, 0.3) is 0 Å². The summed E-state index contributed by atoms with van der Waals surface area (Å²) in [5.74, 6) is 1.15. The quantitative estimate of drug-likeness (QED) is 0.744. The van der Waals surface area contributed by atoms with Gasteiger partial charge in [0.25, 0.3) is 0 Å². The lowest BCUT2D eigenvalue weighted by atomic mass is 9.97. The number of carbonyl (C=O) groups is 1. The molecule has 0 aromatic heterocycles. The minimum absolute atomic E-state index is 0.368. The number of nitrogens with one attached hydrogen (secondary N) is 1. The van der Waals surface area contributed by atoms with Gasteiger partial charge in [-0.1, -0.05) is 6.92 Å². The van der Waals surface area contributed by atoms with Crippen molar-refractivity contribution in [3.8, 4) is 11.5 Å². The number of primary amides is 1. The van der Waals surface area contributed by atoms with Gasteiger partial charge in [-0.25, -0.2) is 0 Å². The van der Waals surface area contributed by atoms with E-state index in [4.69, 9.17) is 15.2 Å². The van der Waals surface area contributed by atoms with Crippen LogP contribution in [0.1, 0.15) is 20.3 Å². The monoisotopic (exact) mass is 266 g/mol. The minimum Gasteiger partial charge on any atom is -0.497 e. The molecule has 1 atom stereocenters. The summed E-state index contributed by atoms with van der Waals surface area (Å²) in [5.41, 5.74) is 4.67. The molecule has 0 aliphatic rings. The fraction of sp³-hybridized carbons (Fsp3) is 0.500. The number of benzene rings is 1. The van der Waals surface area contributed by atoms with Crippen LogP contribution in [-0.4, -0.2) is 31.7 Å². The van der Waals surface area contributed by atoms with Crippen LogP contribution in [0.3, 0.4) is 0 Å². The van der Waals surface area contributed by atoms with Gasteiger partial charge in [-0.05, 0) is 37.7 Å². The Hall–Kier alpha value is -1.75. The molecule has 5 heteroatoms. The first-order valence-corrected chi connectivity index (χ1v) is 6.33. The van der Waals surface area contributed by atoms with E-state index in [-0.39, 0.29) is 5.91 Å². The average Bonchev–Trinajstić information content (AvgIpc) is 2.39. The molecule has 1 unspecified atom stereocenters. The smallest absolute Gasteiger partial charge is 0.237 e. The molecule has 1 aromatic carbocycles. The number of carbonyl (C=O) groups excluding carboxylic acids is 1. The standard InChI is InChI=1S/C14H22N2O3/c1-4-16-14(2,13(15)17)9-10-19-12-7-5-11(18-3)6-8-12/h5-8,16H,4,9-10H2,1-3H3,(H2,15,17). The highest BCUT2D eigenvalue weighted by Gasteiger charge is 2.29. The maximum atomic E-state index is 11.4. The minimum atomic E-state index is -0.735. The molecule has 0 aliphatic carbocycles. The van der Waals surface area contributed by atoms with Crippen LogP contribution in [0.2, 0.25) is 0 Å². The average molecular weight is 266 g/mol. The van der Waals surface area contributed by atoms with Crippen LogP contribution in [-0.2, 0) is 4.79 Å². The Morgan fingerprint density at radius 2 is 1.89 bits per heavy atom. The predicted octanol–water partition coefficient (Wildman–Crippen LogP) is 1.32. The Kier molecular flexibility index (Phi) is 5.63. The summed E-state index contributed by atoms with van der Waals surface area (Å²) < 4.78 is 10.7. The Morgan fingerprint density at radius 3 is 2.37 bits per heavy atom.